The molecule has 1 N–H and O–H groups in total. The first-order valence-electron chi connectivity index (χ1n) is 4.35. The summed E-state index contributed by atoms with van der Waals surface area (Å²) in [6.45, 7) is 3.08. The second-order valence-corrected chi connectivity index (χ2v) is 3.96. The summed E-state index contributed by atoms with van der Waals surface area (Å²) in [4.78, 5) is 0. The summed E-state index contributed by atoms with van der Waals surface area (Å²) in [5.41, 5.74) is -1.19. The van der Waals surface area contributed by atoms with Crippen molar-refractivity contribution < 1.29 is 17.9 Å². The average Bonchev–Trinajstić information content (AvgIpc) is 2.13. The third-order valence-corrected chi connectivity index (χ3v) is 2.45. The minimum atomic E-state index is -4.12. The Balaban J connectivity index is 1.97. The van der Waals surface area contributed by atoms with Crippen LogP contribution in [0.25, 0.3) is 0 Å². The first-order chi connectivity index (χ1) is 6.58. The predicted molar refractivity (Wildman–Crippen MR) is 48.9 cm³/mol. The summed E-state index contributed by atoms with van der Waals surface area (Å²) in [7, 11) is 0. The van der Waals surface area contributed by atoms with Crippen LogP contribution in [0, 0.1) is 0 Å². The van der Waals surface area contributed by atoms with E-state index in [1.807, 2.05) is 5.01 Å². The lowest BCUT2D eigenvalue weighted by Crippen LogP contribution is -2.46. The highest BCUT2D eigenvalue weighted by atomic mass is 32.2. The minimum Gasteiger partial charge on any atom is -0.379 e. The zero-order valence-electron chi connectivity index (χ0n) is 7.64. The number of hydrogen-bond acceptors (Lipinski definition) is 4. The summed E-state index contributed by atoms with van der Waals surface area (Å²) in [5, 5.41) is 1.89. The van der Waals surface area contributed by atoms with Gasteiger partial charge in [0.2, 0.25) is 0 Å². The number of nitrogens with zero attached hydrogens (tertiary/aromatic N) is 1. The van der Waals surface area contributed by atoms with Gasteiger partial charge in [0.25, 0.3) is 0 Å². The highest BCUT2D eigenvalue weighted by molar-refractivity contribution is 8.00. The van der Waals surface area contributed by atoms with Crippen molar-refractivity contribution in [3.05, 3.63) is 0 Å². The standard InChI is InChI=1S/C7H13F3N2OS/c8-7(9,10)14-6-1-11-12-2-4-13-5-3-12/h11H,1-6H2. The van der Waals surface area contributed by atoms with Crippen molar-refractivity contribution in [1.29, 1.82) is 0 Å². The van der Waals surface area contributed by atoms with Crippen molar-refractivity contribution in [2.24, 2.45) is 0 Å². The molecule has 0 saturated carbocycles. The number of hydrogen-bond donors (Lipinski definition) is 1. The lowest BCUT2D eigenvalue weighted by Gasteiger charge is -2.27. The molecule has 0 aliphatic carbocycles. The van der Waals surface area contributed by atoms with Crippen molar-refractivity contribution in [2.45, 2.75) is 5.51 Å². The van der Waals surface area contributed by atoms with Crippen molar-refractivity contribution in [2.75, 3.05) is 38.6 Å². The molecule has 1 aliphatic heterocycles. The van der Waals surface area contributed by atoms with Gasteiger partial charge in [-0.2, -0.15) is 13.2 Å². The van der Waals surface area contributed by atoms with Gasteiger partial charge in [-0.25, -0.2) is 5.01 Å². The normalized spacial score (nSPS) is 19.9. The molecule has 14 heavy (non-hydrogen) atoms. The average molecular weight is 230 g/mol. The largest absolute Gasteiger partial charge is 0.441 e. The number of ether oxygens (including phenoxy) is 1. The molecule has 3 nitrogen and oxygen atoms in total. The van der Waals surface area contributed by atoms with E-state index in [0.717, 1.165) is 13.1 Å². The van der Waals surface area contributed by atoms with E-state index in [1.54, 1.807) is 0 Å². The molecule has 0 amide bonds. The highest BCUT2D eigenvalue weighted by Gasteiger charge is 2.27. The predicted octanol–water partition coefficient (Wildman–Crippen LogP) is 1.08. The summed E-state index contributed by atoms with van der Waals surface area (Å²) < 4.78 is 40.3. The van der Waals surface area contributed by atoms with Crippen molar-refractivity contribution in [1.82, 2.24) is 10.4 Å². The lowest BCUT2D eigenvalue weighted by molar-refractivity contribution is -0.0329. The number of alkyl halides is 3. The Hall–Kier alpha value is 0.0200. The molecule has 84 valence electrons. The molecule has 1 rings (SSSR count). The maximum absolute atomic E-state index is 11.7. The fraction of sp³-hybridized carbons (Fsp3) is 1.00. The molecule has 1 saturated heterocycles. The van der Waals surface area contributed by atoms with Crippen LogP contribution in [0.1, 0.15) is 0 Å². The molecular weight excluding hydrogens is 217 g/mol. The second-order valence-electron chi connectivity index (χ2n) is 2.80. The van der Waals surface area contributed by atoms with Crippen LogP contribution in [0.4, 0.5) is 13.2 Å². The van der Waals surface area contributed by atoms with E-state index in [-0.39, 0.29) is 17.5 Å². The van der Waals surface area contributed by atoms with Crippen molar-refractivity contribution in [3.63, 3.8) is 0 Å². The van der Waals surface area contributed by atoms with Crippen LogP contribution in [0.2, 0.25) is 0 Å². The SMILES string of the molecule is FC(F)(F)SCCNN1CCOCC1. The molecule has 0 unspecified atom stereocenters. The van der Waals surface area contributed by atoms with Crippen LogP contribution < -0.4 is 5.43 Å². The highest BCUT2D eigenvalue weighted by Crippen LogP contribution is 2.29. The Morgan fingerprint density at radius 3 is 2.50 bits per heavy atom. The van der Waals surface area contributed by atoms with Gasteiger partial charge in [0.15, 0.2) is 0 Å². The molecule has 0 aromatic carbocycles. The Kier molecular flexibility index (Phi) is 5.00. The monoisotopic (exact) mass is 230 g/mol. The molecule has 0 aromatic rings. The minimum absolute atomic E-state index is 0.00173. The smallest absolute Gasteiger partial charge is 0.379 e. The van der Waals surface area contributed by atoms with Crippen LogP contribution >= 0.6 is 11.8 Å². The van der Waals surface area contributed by atoms with E-state index in [9.17, 15) is 13.2 Å². The van der Waals surface area contributed by atoms with Gasteiger partial charge < -0.3 is 4.74 Å². The first-order valence-corrected chi connectivity index (χ1v) is 5.33. The molecule has 1 heterocycles. The van der Waals surface area contributed by atoms with Gasteiger partial charge in [0.1, 0.15) is 0 Å². The summed E-state index contributed by atoms with van der Waals surface area (Å²) >= 11 is 0.00173. The number of morpholine rings is 1. The molecule has 7 heteroatoms. The van der Waals surface area contributed by atoms with Gasteiger partial charge in [-0.15, -0.1) is 0 Å². The van der Waals surface area contributed by atoms with Gasteiger partial charge >= 0.3 is 5.51 Å². The fourth-order valence-electron chi connectivity index (χ4n) is 1.09. The Labute approximate surface area is 84.9 Å². The molecule has 1 fully saturated rings. The molecular formula is C7H13F3N2OS. The maximum Gasteiger partial charge on any atom is 0.441 e. The first kappa shape index (κ1) is 12.1. The van der Waals surface area contributed by atoms with Crippen molar-refractivity contribution >= 4 is 11.8 Å². The number of thioether (sulfide) groups is 1. The lowest BCUT2D eigenvalue weighted by atomic mass is 10.5. The third-order valence-electron chi connectivity index (χ3n) is 1.71. The fourth-order valence-corrected chi connectivity index (χ4v) is 1.52. The number of nitrogens with one attached hydrogen (secondary N) is 1. The number of hydrazine groups is 1. The molecule has 1 aliphatic rings. The Morgan fingerprint density at radius 1 is 1.29 bits per heavy atom. The molecule has 0 spiro atoms. The molecule has 0 bridgehead atoms. The van der Waals surface area contributed by atoms with Crippen LogP contribution in [-0.4, -0.2) is 49.1 Å². The third kappa shape index (κ3) is 5.69. The number of halogens is 3. The van der Waals surface area contributed by atoms with Gasteiger partial charge in [0, 0.05) is 25.4 Å². The van der Waals surface area contributed by atoms with Crippen molar-refractivity contribution in [3.8, 4) is 0 Å². The maximum atomic E-state index is 11.7. The second kappa shape index (κ2) is 5.79. The summed E-state index contributed by atoms with van der Waals surface area (Å²) in [5.74, 6) is 0.0425. The van der Waals surface area contributed by atoms with E-state index in [1.165, 1.54) is 0 Å². The number of rotatable bonds is 4. The van der Waals surface area contributed by atoms with Gasteiger partial charge in [-0.1, -0.05) is 0 Å². The van der Waals surface area contributed by atoms with Gasteiger partial charge in [-0.3, -0.25) is 5.43 Å². The van der Waals surface area contributed by atoms with E-state index < -0.39 is 5.51 Å². The van der Waals surface area contributed by atoms with Gasteiger partial charge in [0.05, 0.1) is 13.2 Å². The molecule has 0 radical (unpaired) electrons. The molecule has 0 aromatic heterocycles. The van der Waals surface area contributed by atoms with E-state index in [0.29, 0.717) is 19.8 Å². The zero-order chi connectivity index (χ0) is 10.4. The van der Waals surface area contributed by atoms with E-state index in [4.69, 9.17) is 4.74 Å². The summed E-state index contributed by atoms with van der Waals surface area (Å²) in [6.07, 6.45) is 0. The van der Waals surface area contributed by atoms with Crippen LogP contribution in [0.5, 0.6) is 0 Å². The van der Waals surface area contributed by atoms with Gasteiger partial charge in [-0.05, 0) is 11.8 Å². The quantitative estimate of drug-likeness (QED) is 0.730. The molecule has 0 atom stereocenters. The topological polar surface area (TPSA) is 24.5 Å². The summed E-state index contributed by atoms with van der Waals surface area (Å²) in [6, 6.07) is 0. The van der Waals surface area contributed by atoms with Crippen LogP contribution in [-0.2, 0) is 4.74 Å². The Bertz CT molecular complexity index is 162. The van der Waals surface area contributed by atoms with Crippen LogP contribution in [0.15, 0.2) is 0 Å². The van der Waals surface area contributed by atoms with Crippen LogP contribution in [0.3, 0.4) is 0 Å². The zero-order valence-corrected chi connectivity index (χ0v) is 8.46. The van der Waals surface area contributed by atoms with E-state index in [2.05, 4.69) is 5.43 Å². The Morgan fingerprint density at radius 2 is 1.93 bits per heavy atom. The van der Waals surface area contributed by atoms with E-state index >= 15 is 0 Å².